The molecule has 2 heteroatoms. The summed E-state index contributed by atoms with van der Waals surface area (Å²) < 4.78 is 0. The molecule has 1 N–H and O–H groups in total. The lowest BCUT2D eigenvalue weighted by Crippen LogP contribution is -2.15. The highest BCUT2D eigenvalue weighted by Gasteiger charge is 2.21. The van der Waals surface area contributed by atoms with Gasteiger partial charge in [-0.3, -0.25) is 0 Å². The average Bonchev–Trinajstić information content (AvgIpc) is 3.09. The Kier molecular flexibility index (Phi) is 3.70. The smallest absolute Gasteiger partial charge is 0.0349 e. The van der Waals surface area contributed by atoms with Crippen molar-refractivity contribution in [2.75, 3.05) is 0 Å². The molecule has 0 unspecified atom stereocenters. The summed E-state index contributed by atoms with van der Waals surface area (Å²) in [6, 6.07) is 14.1. The minimum atomic E-state index is 0.240. The Morgan fingerprint density at radius 3 is 2.50 bits per heavy atom. The van der Waals surface area contributed by atoms with Crippen LogP contribution in [0.4, 0.5) is 0 Å². The molecule has 106 valence electrons. The summed E-state index contributed by atoms with van der Waals surface area (Å²) in [5, 5.41) is 3.62. The van der Waals surface area contributed by atoms with Gasteiger partial charge in [0, 0.05) is 22.3 Å². The van der Waals surface area contributed by atoms with E-state index in [1.165, 1.54) is 33.7 Å². The van der Waals surface area contributed by atoms with E-state index in [4.69, 9.17) is 0 Å². The Morgan fingerprint density at radius 1 is 1.10 bits per heavy atom. The predicted octanol–water partition coefficient (Wildman–Crippen LogP) is 4.96. The Balaban J connectivity index is 1.86. The molecule has 2 aromatic rings. The first-order valence-electron chi connectivity index (χ1n) is 7.46. The van der Waals surface area contributed by atoms with E-state index in [1.807, 2.05) is 11.3 Å². The number of rotatable bonds is 4. The molecular formula is C18H23NS. The van der Waals surface area contributed by atoms with Gasteiger partial charge in [0.15, 0.2) is 0 Å². The van der Waals surface area contributed by atoms with Crippen molar-refractivity contribution in [3.8, 4) is 10.4 Å². The SMILES string of the molecule is CC(C)(C)c1ccc(-c2ccccc2CNC2CC2)s1. The predicted molar refractivity (Wildman–Crippen MR) is 88.3 cm³/mol. The van der Waals surface area contributed by atoms with Gasteiger partial charge in [-0.05, 0) is 41.5 Å². The van der Waals surface area contributed by atoms with Crippen molar-refractivity contribution in [2.24, 2.45) is 0 Å². The summed E-state index contributed by atoms with van der Waals surface area (Å²) in [6.45, 7) is 7.83. The minimum Gasteiger partial charge on any atom is -0.310 e. The van der Waals surface area contributed by atoms with Crippen molar-refractivity contribution in [1.29, 1.82) is 0 Å². The van der Waals surface area contributed by atoms with E-state index in [0.717, 1.165) is 12.6 Å². The fourth-order valence-corrected chi connectivity index (χ4v) is 3.47. The Morgan fingerprint density at radius 2 is 1.85 bits per heavy atom. The van der Waals surface area contributed by atoms with E-state index < -0.39 is 0 Å². The number of benzene rings is 1. The van der Waals surface area contributed by atoms with E-state index in [-0.39, 0.29) is 5.41 Å². The molecular weight excluding hydrogens is 262 g/mol. The molecule has 0 atom stereocenters. The number of hydrogen-bond acceptors (Lipinski definition) is 2. The second-order valence-electron chi connectivity index (χ2n) is 6.73. The molecule has 1 aliphatic rings. The zero-order valence-corrected chi connectivity index (χ0v) is 13.4. The van der Waals surface area contributed by atoms with Crippen LogP contribution in [0.5, 0.6) is 0 Å². The van der Waals surface area contributed by atoms with Crippen LogP contribution in [0.25, 0.3) is 10.4 Å². The lowest BCUT2D eigenvalue weighted by Gasteiger charge is -2.15. The average molecular weight is 285 g/mol. The Bertz CT molecular complexity index is 587. The van der Waals surface area contributed by atoms with Crippen molar-refractivity contribution in [3.05, 3.63) is 46.8 Å². The van der Waals surface area contributed by atoms with Gasteiger partial charge >= 0.3 is 0 Å². The molecule has 20 heavy (non-hydrogen) atoms. The van der Waals surface area contributed by atoms with Gasteiger partial charge in [0.25, 0.3) is 0 Å². The molecule has 0 spiro atoms. The van der Waals surface area contributed by atoms with Crippen LogP contribution >= 0.6 is 11.3 Å². The number of nitrogens with one attached hydrogen (secondary N) is 1. The summed E-state index contributed by atoms with van der Waals surface area (Å²) >= 11 is 1.93. The molecule has 1 heterocycles. The van der Waals surface area contributed by atoms with Crippen LogP contribution in [0, 0.1) is 0 Å². The normalized spacial score (nSPS) is 15.6. The maximum atomic E-state index is 3.62. The third-order valence-corrected chi connectivity index (χ3v) is 5.33. The van der Waals surface area contributed by atoms with Crippen molar-refractivity contribution in [1.82, 2.24) is 5.32 Å². The Hall–Kier alpha value is -1.12. The van der Waals surface area contributed by atoms with Crippen LogP contribution in [0.1, 0.15) is 44.1 Å². The van der Waals surface area contributed by atoms with Gasteiger partial charge < -0.3 is 5.32 Å². The first-order chi connectivity index (χ1) is 9.54. The molecule has 1 nitrogen and oxygen atoms in total. The van der Waals surface area contributed by atoms with E-state index in [2.05, 4.69) is 62.5 Å². The molecule has 1 aliphatic carbocycles. The maximum absolute atomic E-state index is 3.62. The molecule has 0 radical (unpaired) electrons. The summed E-state index contributed by atoms with van der Waals surface area (Å²) in [6.07, 6.45) is 2.69. The molecule has 3 rings (SSSR count). The van der Waals surface area contributed by atoms with Gasteiger partial charge in [-0.15, -0.1) is 11.3 Å². The minimum absolute atomic E-state index is 0.240. The van der Waals surface area contributed by atoms with Gasteiger partial charge in [0.05, 0.1) is 0 Å². The first-order valence-corrected chi connectivity index (χ1v) is 8.28. The number of thiophene rings is 1. The zero-order chi connectivity index (χ0) is 14.2. The van der Waals surface area contributed by atoms with Crippen molar-refractivity contribution >= 4 is 11.3 Å². The van der Waals surface area contributed by atoms with Crippen molar-refractivity contribution in [3.63, 3.8) is 0 Å². The Labute approximate surface area is 126 Å². The fraction of sp³-hybridized carbons (Fsp3) is 0.444. The van der Waals surface area contributed by atoms with Crippen molar-refractivity contribution < 1.29 is 0 Å². The van der Waals surface area contributed by atoms with E-state index in [1.54, 1.807) is 0 Å². The highest BCUT2D eigenvalue weighted by molar-refractivity contribution is 7.15. The maximum Gasteiger partial charge on any atom is 0.0349 e. The van der Waals surface area contributed by atoms with Gasteiger partial charge in [0.1, 0.15) is 0 Å². The number of hydrogen-bond donors (Lipinski definition) is 1. The van der Waals surface area contributed by atoms with E-state index in [9.17, 15) is 0 Å². The van der Waals surface area contributed by atoms with Gasteiger partial charge in [0.2, 0.25) is 0 Å². The first kappa shape index (κ1) is 13.8. The highest BCUT2D eigenvalue weighted by Crippen LogP contribution is 2.36. The highest BCUT2D eigenvalue weighted by atomic mass is 32.1. The molecule has 0 saturated heterocycles. The summed E-state index contributed by atoms with van der Waals surface area (Å²) in [5.74, 6) is 0. The third kappa shape index (κ3) is 3.13. The molecule has 0 bridgehead atoms. The van der Waals surface area contributed by atoms with Crippen LogP contribution in [0.3, 0.4) is 0 Å². The summed E-state index contributed by atoms with van der Waals surface area (Å²) in [7, 11) is 0. The lowest BCUT2D eigenvalue weighted by molar-refractivity contribution is 0.604. The van der Waals surface area contributed by atoms with Crippen LogP contribution in [0.2, 0.25) is 0 Å². The largest absolute Gasteiger partial charge is 0.310 e. The van der Waals surface area contributed by atoms with Gasteiger partial charge in [-0.2, -0.15) is 0 Å². The fourth-order valence-electron chi connectivity index (χ4n) is 2.34. The quantitative estimate of drug-likeness (QED) is 0.836. The molecule has 1 aromatic carbocycles. The summed E-state index contributed by atoms with van der Waals surface area (Å²) in [4.78, 5) is 2.85. The van der Waals surface area contributed by atoms with Crippen LogP contribution in [-0.4, -0.2) is 6.04 Å². The molecule has 1 saturated carbocycles. The van der Waals surface area contributed by atoms with Gasteiger partial charge in [-0.1, -0.05) is 45.0 Å². The molecule has 1 aromatic heterocycles. The van der Waals surface area contributed by atoms with E-state index >= 15 is 0 Å². The van der Waals surface area contributed by atoms with E-state index in [0.29, 0.717) is 0 Å². The van der Waals surface area contributed by atoms with Crippen LogP contribution in [0.15, 0.2) is 36.4 Å². The third-order valence-electron chi connectivity index (χ3n) is 3.79. The second-order valence-corrected chi connectivity index (χ2v) is 7.81. The van der Waals surface area contributed by atoms with Gasteiger partial charge in [-0.25, -0.2) is 0 Å². The second kappa shape index (κ2) is 5.34. The van der Waals surface area contributed by atoms with Crippen molar-refractivity contribution in [2.45, 2.75) is 51.6 Å². The topological polar surface area (TPSA) is 12.0 Å². The lowest BCUT2D eigenvalue weighted by atomic mass is 9.95. The standard InChI is InChI=1S/C18H23NS/c1-18(2,3)17-11-10-16(20-17)15-7-5-4-6-13(15)12-19-14-8-9-14/h4-7,10-11,14,19H,8-9,12H2,1-3H3. The zero-order valence-electron chi connectivity index (χ0n) is 12.6. The molecule has 0 amide bonds. The summed E-state index contributed by atoms with van der Waals surface area (Å²) in [5.41, 5.74) is 3.05. The monoisotopic (exact) mass is 285 g/mol. The molecule has 0 aliphatic heterocycles. The van der Waals surface area contributed by atoms with Crippen LogP contribution < -0.4 is 5.32 Å². The van der Waals surface area contributed by atoms with Crippen LogP contribution in [-0.2, 0) is 12.0 Å². The molecule has 1 fully saturated rings.